The summed E-state index contributed by atoms with van der Waals surface area (Å²) in [5.41, 5.74) is 8.43. The Bertz CT molecular complexity index is 2540. The number of anilines is 1. The van der Waals surface area contributed by atoms with Crippen LogP contribution in [0.4, 0.5) is 10.1 Å². The minimum Gasteiger partial charge on any atom is -0.478 e. The number of hydrogen-bond donors (Lipinski definition) is 3. The van der Waals surface area contributed by atoms with Gasteiger partial charge in [-0.2, -0.15) is 0 Å². The molecule has 0 spiro atoms. The predicted octanol–water partition coefficient (Wildman–Crippen LogP) is 10.5. The number of carbonyl (C=O) groups is 3. The van der Waals surface area contributed by atoms with Gasteiger partial charge < -0.3 is 20.3 Å². The highest BCUT2D eigenvalue weighted by Crippen LogP contribution is 2.49. The average Bonchev–Trinajstić information content (AvgIpc) is 3.90. The molecule has 0 saturated heterocycles. The first-order chi connectivity index (χ1) is 27.3. The Morgan fingerprint density at radius 3 is 2.45 bits per heavy atom. The molecule has 9 rings (SSSR count). The number of aromatic nitrogens is 2. The van der Waals surface area contributed by atoms with Gasteiger partial charge in [0.2, 0.25) is 5.91 Å². The van der Waals surface area contributed by atoms with E-state index < -0.39 is 11.5 Å². The maximum Gasteiger partial charge on any atom is 0.328 e. The smallest absolute Gasteiger partial charge is 0.328 e. The van der Waals surface area contributed by atoms with E-state index in [4.69, 9.17) is 10.1 Å². The molecular formula is C46H43FN4O4S. The quantitative estimate of drug-likeness (QED) is 0.134. The molecule has 0 radical (unpaired) electrons. The van der Waals surface area contributed by atoms with Crippen LogP contribution in [0.1, 0.15) is 96.5 Å². The molecule has 0 bridgehead atoms. The van der Waals surface area contributed by atoms with E-state index in [1.165, 1.54) is 58.5 Å². The molecule has 6 aromatic rings. The number of halogens is 1. The minimum atomic E-state index is -1.03. The lowest BCUT2D eigenvalue weighted by Gasteiger charge is -2.29. The van der Waals surface area contributed by atoms with Crippen LogP contribution < -0.4 is 10.6 Å². The molecular weight excluding hydrogens is 724 g/mol. The minimum absolute atomic E-state index is 0.224. The van der Waals surface area contributed by atoms with E-state index in [0.29, 0.717) is 46.1 Å². The van der Waals surface area contributed by atoms with Crippen LogP contribution in [0.25, 0.3) is 49.7 Å². The molecule has 0 atom stereocenters. The van der Waals surface area contributed by atoms with Crippen molar-refractivity contribution in [2.45, 2.75) is 88.6 Å². The van der Waals surface area contributed by atoms with Gasteiger partial charge in [-0.15, -0.1) is 11.3 Å². The number of amides is 2. The number of carbonyl (C=O) groups excluding carboxylic acids is 2. The van der Waals surface area contributed by atoms with Crippen LogP contribution in [-0.4, -0.2) is 38.0 Å². The summed E-state index contributed by atoms with van der Waals surface area (Å²) in [6.45, 7) is 0.824. The number of rotatable bonds is 8. The predicted molar refractivity (Wildman–Crippen MR) is 220 cm³/mol. The van der Waals surface area contributed by atoms with Crippen molar-refractivity contribution >= 4 is 62.0 Å². The summed E-state index contributed by atoms with van der Waals surface area (Å²) in [4.78, 5) is 44.6. The first-order valence-corrected chi connectivity index (χ1v) is 20.6. The third-order valence-electron chi connectivity index (χ3n) is 12.0. The van der Waals surface area contributed by atoms with Gasteiger partial charge in [0.25, 0.3) is 5.91 Å². The zero-order chi connectivity index (χ0) is 38.4. The lowest BCUT2D eigenvalue weighted by Crippen LogP contribution is -2.54. The summed E-state index contributed by atoms with van der Waals surface area (Å²) in [6.07, 6.45) is 13.0. The number of thiophene rings is 1. The fourth-order valence-electron chi connectivity index (χ4n) is 9.30. The molecule has 2 fully saturated rings. The number of aryl methyl sites for hydroxylation is 2. The van der Waals surface area contributed by atoms with Crippen LogP contribution in [0.15, 0.2) is 84.9 Å². The van der Waals surface area contributed by atoms with E-state index in [-0.39, 0.29) is 17.6 Å². The number of fused-ring (bicyclic) bond motifs is 7. The normalized spacial score (nSPS) is 16.8. The highest BCUT2D eigenvalue weighted by molar-refractivity contribution is 7.21. The number of nitrogens with zero attached hydrogens (tertiary/aromatic N) is 2. The summed E-state index contributed by atoms with van der Waals surface area (Å²) < 4.78 is 18.3. The van der Waals surface area contributed by atoms with E-state index in [1.54, 1.807) is 47.7 Å². The van der Waals surface area contributed by atoms with Crippen molar-refractivity contribution in [1.82, 2.24) is 14.9 Å². The van der Waals surface area contributed by atoms with Crippen LogP contribution in [0.5, 0.6) is 0 Å². The molecule has 2 aliphatic carbocycles. The molecule has 2 saturated carbocycles. The molecule has 3 N–H and O–H groups in total. The first-order valence-electron chi connectivity index (χ1n) is 19.8. The van der Waals surface area contributed by atoms with Crippen molar-refractivity contribution < 1.29 is 23.9 Å². The maximum absolute atomic E-state index is 14.7. The Morgan fingerprint density at radius 2 is 1.68 bits per heavy atom. The van der Waals surface area contributed by atoms with Crippen molar-refractivity contribution in [2.24, 2.45) is 0 Å². The van der Waals surface area contributed by atoms with Crippen molar-refractivity contribution in [2.75, 3.05) is 5.32 Å². The molecule has 56 heavy (non-hydrogen) atoms. The monoisotopic (exact) mass is 766 g/mol. The van der Waals surface area contributed by atoms with Crippen LogP contribution in [0, 0.1) is 5.82 Å². The van der Waals surface area contributed by atoms with E-state index in [0.717, 1.165) is 67.6 Å². The second-order valence-electron chi connectivity index (χ2n) is 15.5. The number of hydrogen-bond acceptors (Lipinski definition) is 5. The third kappa shape index (κ3) is 6.59. The average molecular weight is 767 g/mol. The molecule has 8 nitrogen and oxygen atoms in total. The van der Waals surface area contributed by atoms with Crippen LogP contribution >= 0.6 is 11.3 Å². The molecule has 3 aromatic heterocycles. The van der Waals surface area contributed by atoms with E-state index in [1.807, 2.05) is 18.2 Å². The van der Waals surface area contributed by atoms with Crippen molar-refractivity contribution in [3.05, 3.63) is 112 Å². The Balaban J connectivity index is 1.06. The van der Waals surface area contributed by atoms with Crippen LogP contribution in [-0.2, 0) is 22.6 Å². The van der Waals surface area contributed by atoms with Gasteiger partial charge in [-0.25, -0.2) is 14.2 Å². The van der Waals surface area contributed by atoms with Crippen LogP contribution in [0.3, 0.4) is 0 Å². The largest absolute Gasteiger partial charge is 0.478 e. The summed E-state index contributed by atoms with van der Waals surface area (Å²) in [7, 11) is 0. The number of carboxylic acids is 1. The van der Waals surface area contributed by atoms with Gasteiger partial charge in [-0.05, 0) is 110 Å². The first kappa shape index (κ1) is 36.1. The molecule has 4 heterocycles. The Labute approximate surface area is 328 Å². The Kier molecular flexibility index (Phi) is 9.53. The van der Waals surface area contributed by atoms with E-state index in [2.05, 4.69) is 33.4 Å². The SMILES string of the molecule is O=C(O)/C=C/c1ccc(NC(=O)C2(NC(=O)c3cc4c(s3)c(C3CCCCC3)c3n4CCCc4c-3ccc3nc(-c5ccccc5F)ccc43)CCCC2)cc1. The molecule has 10 heteroatoms. The topological polar surface area (TPSA) is 113 Å². The van der Waals surface area contributed by atoms with Gasteiger partial charge in [0.05, 0.1) is 32.0 Å². The molecule has 284 valence electrons. The van der Waals surface area contributed by atoms with Gasteiger partial charge in [0.1, 0.15) is 11.4 Å². The third-order valence-corrected chi connectivity index (χ3v) is 13.2. The summed E-state index contributed by atoms with van der Waals surface area (Å²) in [6, 6.07) is 24.1. The number of aliphatic carboxylic acids is 1. The maximum atomic E-state index is 14.7. The van der Waals surface area contributed by atoms with E-state index >= 15 is 0 Å². The molecule has 3 aliphatic rings. The lowest BCUT2D eigenvalue weighted by molar-refractivity contribution is -0.131. The summed E-state index contributed by atoms with van der Waals surface area (Å²) >= 11 is 1.55. The van der Waals surface area contributed by atoms with Gasteiger partial charge in [0, 0.05) is 34.8 Å². The Hall–Kier alpha value is -5.61. The highest BCUT2D eigenvalue weighted by Gasteiger charge is 2.43. The van der Waals surface area contributed by atoms with Gasteiger partial charge in [-0.3, -0.25) is 9.59 Å². The molecule has 0 unspecified atom stereocenters. The highest BCUT2D eigenvalue weighted by atomic mass is 32.1. The van der Waals surface area contributed by atoms with Gasteiger partial charge in [-0.1, -0.05) is 68.5 Å². The van der Waals surface area contributed by atoms with Crippen molar-refractivity contribution in [3.8, 4) is 22.5 Å². The van der Waals surface area contributed by atoms with E-state index in [9.17, 15) is 18.8 Å². The number of benzene rings is 3. The zero-order valence-electron chi connectivity index (χ0n) is 31.1. The van der Waals surface area contributed by atoms with Gasteiger partial charge in [0.15, 0.2) is 0 Å². The fourth-order valence-corrected chi connectivity index (χ4v) is 10.5. The number of nitrogens with one attached hydrogen (secondary N) is 2. The Morgan fingerprint density at radius 1 is 0.893 bits per heavy atom. The van der Waals surface area contributed by atoms with Gasteiger partial charge >= 0.3 is 5.97 Å². The standard InChI is InChI=1S/C46H43FN4O4S/c47-35-13-5-4-11-34(35)37-21-19-32-31-12-8-26-51-38-27-39(56-43(38)41(29-9-2-1-3-10-29)42(51)33(31)20-22-36(32)49-37)44(54)50-46(24-6-7-25-46)45(55)48-30-17-14-28(15-18-30)16-23-40(52)53/h4-5,11,13-23,27,29H,1-3,6-10,12,24-26H2,(H,48,55)(H,50,54)(H,52,53)/b23-16+. The second kappa shape index (κ2) is 14.8. The van der Waals surface area contributed by atoms with Crippen LogP contribution in [0.2, 0.25) is 0 Å². The van der Waals surface area contributed by atoms with Crippen molar-refractivity contribution in [3.63, 3.8) is 0 Å². The summed E-state index contributed by atoms with van der Waals surface area (Å²) in [5.74, 6) is -1.38. The molecule has 1 aliphatic heterocycles. The fraction of sp³-hybridized carbons (Fsp3) is 0.304. The number of pyridine rings is 1. The zero-order valence-corrected chi connectivity index (χ0v) is 31.9. The number of carboxylic acid groups (broad SMARTS) is 1. The molecule has 2 amide bonds. The lowest BCUT2D eigenvalue weighted by atomic mass is 9.82. The summed E-state index contributed by atoms with van der Waals surface area (Å²) in [5, 5.41) is 16.3. The van der Waals surface area contributed by atoms with Crippen molar-refractivity contribution in [1.29, 1.82) is 0 Å². The second-order valence-corrected chi connectivity index (χ2v) is 16.6. The molecule has 3 aromatic carbocycles.